The zero-order valence-corrected chi connectivity index (χ0v) is 12.0. The summed E-state index contributed by atoms with van der Waals surface area (Å²) in [7, 11) is 0. The van der Waals surface area contributed by atoms with Crippen molar-refractivity contribution in [1.29, 1.82) is 0 Å². The molecule has 0 aromatic rings. The lowest BCUT2D eigenvalue weighted by Crippen LogP contribution is -2.37. The standard InChI is InChI=1S/C15H24N2O2/c1-15(2)4-5-16-13-14(12-15)19-9-3-6-17-7-10-18-11-8-17/h4-5,12-13H,3,6-11H2,1-2H3. The number of hydrogen-bond acceptors (Lipinski definition) is 4. The Morgan fingerprint density at radius 1 is 1.37 bits per heavy atom. The summed E-state index contributed by atoms with van der Waals surface area (Å²) in [6.07, 6.45) is 8.86. The fraction of sp³-hybridized carbons (Fsp3) is 0.667. The average Bonchev–Trinajstić information content (AvgIpc) is 2.57. The summed E-state index contributed by atoms with van der Waals surface area (Å²) < 4.78 is 11.1. The lowest BCUT2D eigenvalue weighted by molar-refractivity contribution is 0.0347. The van der Waals surface area contributed by atoms with Gasteiger partial charge in [-0.15, -0.1) is 0 Å². The first-order valence-corrected chi connectivity index (χ1v) is 7.02. The van der Waals surface area contributed by atoms with Crippen LogP contribution in [0, 0.1) is 5.41 Å². The third-order valence-electron chi connectivity index (χ3n) is 3.30. The topological polar surface area (TPSA) is 34.1 Å². The molecule has 0 radical (unpaired) electrons. The van der Waals surface area contributed by atoms with Crippen molar-refractivity contribution in [2.45, 2.75) is 20.3 Å². The minimum atomic E-state index is 0.00996. The minimum Gasteiger partial charge on any atom is -0.492 e. The minimum absolute atomic E-state index is 0.00996. The van der Waals surface area contributed by atoms with Crippen molar-refractivity contribution in [1.82, 2.24) is 4.90 Å². The van der Waals surface area contributed by atoms with Gasteiger partial charge >= 0.3 is 0 Å². The van der Waals surface area contributed by atoms with Gasteiger partial charge < -0.3 is 9.47 Å². The second-order valence-corrected chi connectivity index (χ2v) is 5.62. The van der Waals surface area contributed by atoms with Gasteiger partial charge in [0.2, 0.25) is 0 Å². The molecule has 2 rings (SSSR count). The number of aliphatic imine (C=N–C) groups is 1. The van der Waals surface area contributed by atoms with E-state index in [9.17, 15) is 0 Å². The van der Waals surface area contributed by atoms with E-state index in [-0.39, 0.29) is 5.41 Å². The number of ether oxygens (including phenoxy) is 2. The molecule has 4 nitrogen and oxygen atoms in total. The maximum absolute atomic E-state index is 5.80. The predicted octanol–water partition coefficient (Wildman–Crippen LogP) is 2.23. The second-order valence-electron chi connectivity index (χ2n) is 5.62. The molecule has 1 fully saturated rings. The first-order chi connectivity index (χ1) is 9.16. The predicted molar refractivity (Wildman–Crippen MR) is 77.3 cm³/mol. The van der Waals surface area contributed by atoms with Gasteiger partial charge in [0.15, 0.2) is 0 Å². The van der Waals surface area contributed by atoms with Gasteiger partial charge in [-0.05, 0) is 12.5 Å². The van der Waals surface area contributed by atoms with Crippen molar-refractivity contribution in [3.05, 3.63) is 24.1 Å². The van der Waals surface area contributed by atoms with Gasteiger partial charge in [0, 0.05) is 31.2 Å². The van der Waals surface area contributed by atoms with Crippen LogP contribution < -0.4 is 0 Å². The molecule has 0 spiro atoms. The summed E-state index contributed by atoms with van der Waals surface area (Å²) in [6, 6.07) is 0. The fourth-order valence-electron chi connectivity index (χ4n) is 2.19. The van der Waals surface area contributed by atoms with E-state index in [4.69, 9.17) is 9.47 Å². The van der Waals surface area contributed by atoms with E-state index in [0.717, 1.165) is 51.6 Å². The van der Waals surface area contributed by atoms with E-state index in [1.165, 1.54) is 0 Å². The molecule has 19 heavy (non-hydrogen) atoms. The molecule has 2 heterocycles. The van der Waals surface area contributed by atoms with Gasteiger partial charge in [0.05, 0.1) is 26.0 Å². The van der Waals surface area contributed by atoms with Crippen LogP contribution in [0.3, 0.4) is 0 Å². The lowest BCUT2D eigenvalue weighted by Gasteiger charge is -2.26. The van der Waals surface area contributed by atoms with Crippen LogP contribution in [-0.4, -0.2) is 50.6 Å². The summed E-state index contributed by atoms with van der Waals surface area (Å²) >= 11 is 0. The fourth-order valence-corrected chi connectivity index (χ4v) is 2.19. The van der Waals surface area contributed by atoms with Gasteiger partial charge in [-0.3, -0.25) is 9.89 Å². The summed E-state index contributed by atoms with van der Waals surface area (Å²) in [6.45, 7) is 9.92. The van der Waals surface area contributed by atoms with Gasteiger partial charge in [-0.1, -0.05) is 19.9 Å². The zero-order valence-electron chi connectivity index (χ0n) is 12.0. The third kappa shape index (κ3) is 5.17. The van der Waals surface area contributed by atoms with Crippen LogP contribution in [0.5, 0.6) is 0 Å². The van der Waals surface area contributed by atoms with Crippen LogP contribution >= 0.6 is 0 Å². The van der Waals surface area contributed by atoms with Gasteiger partial charge in [0.1, 0.15) is 5.76 Å². The van der Waals surface area contributed by atoms with Crippen LogP contribution in [-0.2, 0) is 9.47 Å². The summed E-state index contributed by atoms with van der Waals surface area (Å²) in [5.74, 6) is 0.872. The van der Waals surface area contributed by atoms with E-state index in [2.05, 4.69) is 35.9 Å². The highest BCUT2D eigenvalue weighted by atomic mass is 16.5. The highest BCUT2D eigenvalue weighted by Crippen LogP contribution is 2.22. The van der Waals surface area contributed by atoms with Crippen LogP contribution in [0.2, 0.25) is 0 Å². The molecule has 2 aliphatic heterocycles. The summed E-state index contributed by atoms with van der Waals surface area (Å²) in [5.41, 5.74) is 0.00996. The van der Waals surface area contributed by atoms with Gasteiger partial charge in [-0.2, -0.15) is 0 Å². The van der Waals surface area contributed by atoms with Crippen LogP contribution in [0.1, 0.15) is 20.3 Å². The van der Waals surface area contributed by atoms with E-state index < -0.39 is 0 Å². The molecule has 0 bridgehead atoms. The molecule has 0 atom stereocenters. The van der Waals surface area contributed by atoms with Crippen molar-refractivity contribution in [2.75, 3.05) is 39.5 Å². The maximum Gasteiger partial charge on any atom is 0.134 e. The maximum atomic E-state index is 5.80. The van der Waals surface area contributed by atoms with Crippen molar-refractivity contribution < 1.29 is 9.47 Å². The molecule has 4 heteroatoms. The van der Waals surface area contributed by atoms with Crippen LogP contribution in [0.15, 0.2) is 29.1 Å². The first kappa shape index (κ1) is 14.3. The Labute approximate surface area is 115 Å². The third-order valence-corrected chi connectivity index (χ3v) is 3.30. The zero-order chi connectivity index (χ0) is 13.6. The normalized spacial score (nSPS) is 22.9. The SMILES string of the molecule is CC1(C)C=CN=CC(OCCCN2CCOCC2)=C1. The number of nitrogens with zero attached hydrogens (tertiary/aromatic N) is 2. The van der Waals surface area contributed by atoms with Crippen molar-refractivity contribution in [3.63, 3.8) is 0 Å². The molecule has 0 saturated carbocycles. The van der Waals surface area contributed by atoms with Crippen LogP contribution in [0.25, 0.3) is 0 Å². The first-order valence-electron chi connectivity index (χ1n) is 7.02. The monoisotopic (exact) mass is 264 g/mol. The molecular weight excluding hydrogens is 240 g/mol. The Bertz CT molecular complexity index is 366. The Balaban J connectivity index is 1.69. The molecule has 0 aromatic carbocycles. The lowest BCUT2D eigenvalue weighted by atomic mass is 9.93. The number of rotatable bonds is 5. The molecule has 0 aromatic heterocycles. The molecular formula is C15H24N2O2. The van der Waals surface area contributed by atoms with Crippen molar-refractivity contribution in [2.24, 2.45) is 10.4 Å². The Morgan fingerprint density at radius 3 is 2.95 bits per heavy atom. The highest BCUT2D eigenvalue weighted by Gasteiger charge is 2.14. The molecule has 1 saturated heterocycles. The molecule has 2 aliphatic rings. The molecule has 106 valence electrons. The van der Waals surface area contributed by atoms with E-state index >= 15 is 0 Å². The van der Waals surface area contributed by atoms with E-state index in [1.54, 1.807) is 6.21 Å². The Hall–Kier alpha value is -1.13. The Kier molecular flexibility index (Phi) is 5.16. The van der Waals surface area contributed by atoms with Gasteiger partial charge in [0.25, 0.3) is 0 Å². The molecule has 0 unspecified atom stereocenters. The summed E-state index contributed by atoms with van der Waals surface area (Å²) in [5, 5.41) is 0. The van der Waals surface area contributed by atoms with Gasteiger partial charge in [-0.25, -0.2) is 0 Å². The summed E-state index contributed by atoms with van der Waals surface area (Å²) in [4.78, 5) is 6.62. The molecule has 0 N–H and O–H groups in total. The second kappa shape index (κ2) is 6.87. The van der Waals surface area contributed by atoms with Crippen LogP contribution in [0.4, 0.5) is 0 Å². The van der Waals surface area contributed by atoms with E-state index in [0.29, 0.717) is 0 Å². The Morgan fingerprint density at radius 2 is 2.16 bits per heavy atom. The smallest absolute Gasteiger partial charge is 0.134 e. The van der Waals surface area contributed by atoms with Crippen molar-refractivity contribution >= 4 is 6.21 Å². The number of hydrogen-bond donors (Lipinski definition) is 0. The molecule has 0 aliphatic carbocycles. The average molecular weight is 264 g/mol. The molecule has 0 amide bonds. The number of morpholine rings is 1. The largest absolute Gasteiger partial charge is 0.492 e. The van der Waals surface area contributed by atoms with E-state index in [1.807, 2.05) is 6.20 Å². The quantitative estimate of drug-likeness (QED) is 0.714. The van der Waals surface area contributed by atoms with Crippen molar-refractivity contribution in [3.8, 4) is 0 Å². The highest BCUT2D eigenvalue weighted by molar-refractivity contribution is 5.77. The number of allylic oxidation sites excluding steroid dienone is 3.